The number of aliphatic hydroxyl groups is 2. The zero-order valence-electron chi connectivity index (χ0n) is 14.2. The molecule has 0 radical (unpaired) electrons. The van der Waals surface area contributed by atoms with Crippen LogP contribution >= 0.6 is 11.6 Å². The highest BCUT2D eigenvalue weighted by Gasteiger charge is 2.31. The SMILES string of the molecule is CC1(CO)CCN(c2cc(Cl)ncc2C#CC2(O)CCCC2)CC1. The summed E-state index contributed by atoms with van der Waals surface area (Å²) < 4.78 is 0. The van der Waals surface area contributed by atoms with Crippen molar-refractivity contribution in [3.8, 4) is 11.8 Å². The lowest BCUT2D eigenvalue weighted by molar-refractivity contribution is 0.110. The van der Waals surface area contributed by atoms with Crippen molar-refractivity contribution in [2.45, 2.75) is 51.0 Å². The number of hydrogen-bond acceptors (Lipinski definition) is 4. The van der Waals surface area contributed by atoms with Gasteiger partial charge in [0.05, 0.1) is 11.3 Å². The zero-order chi connectivity index (χ0) is 17.2. The van der Waals surface area contributed by atoms with E-state index in [4.69, 9.17) is 11.6 Å². The van der Waals surface area contributed by atoms with Crippen molar-refractivity contribution in [1.29, 1.82) is 0 Å². The lowest BCUT2D eigenvalue weighted by atomic mass is 9.81. The van der Waals surface area contributed by atoms with Crippen molar-refractivity contribution in [2.75, 3.05) is 24.6 Å². The Labute approximate surface area is 148 Å². The molecule has 1 aliphatic carbocycles. The molecular formula is C19H25ClN2O2. The molecule has 2 aliphatic rings. The molecule has 4 nitrogen and oxygen atoms in total. The summed E-state index contributed by atoms with van der Waals surface area (Å²) in [7, 11) is 0. The van der Waals surface area contributed by atoms with Crippen LogP contribution in [0.25, 0.3) is 0 Å². The third kappa shape index (κ3) is 3.85. The van der Waals surface area contributed by atoms with Crippen LogP contribution in [0.2, 0.25) is 5.15 Å². The molecular weight excluding hydrogens is 324 g/mol. The van der Waals surface area contributed by atoms with Crippen molar-refractivity contribution in [2.24, 2.45) is 5.41 Å². The van der Waals surface area contributed by atoms with E-state index in [0.717, 1.165) is 62.9 Å². The monoisotopic (exact) mass is 348 g/mol. The molecule has 5 heteroatoms. The summed E-state index contributed by atoms with van der Waals surface area (Å²) in [5.41, 5.74) is 0.934. The van der Waals surface area contributed by atoms with E-state index < -0.39 is 5.60 Å². The molecule has 24 heavy (non-hydrogen) atoms. The third-order valence-electron chi connectivity index (χ3n) is 5.40. The summed E-state index contributed by atoms with van der Waals surface area (Å²) in [6, 6.07) is 1.85. The average molecular weight is 349 g/mol. The summed E-state index contributed by atoms with van der Waals surface area (Å²) >= 11 is 6.10. The van der Waals surface area contributed by atoms with Crippen LogP contribution in [0.1, 0.15) is 51.0 Å². The molecule has 0 bridgehead atoms. The minimum Gasteiger partial charge on any atom is -0.396 e. The normalized spacial score (nSPS) is 22.1. The average Bonchev–Trinajstić information content (AvgIpc) is 3.01. The molecule has 1 aliphatic heterocycles. The molecule has 2 fully saturated rings. The number of halogens is 1. The van der Waals surface area contributed by atoms with E-state index in [1.807, 2.05) is 6.07 Å². The molecule has 0 unspecified atom stereocenters. The molecule has 1 aromatic rings. The van der Waals surface area contributed by atoms with E-state index in [2.05, 4.69) is 28.6 Å². The summed E-state index contributed by atoms with van der Waals surface area (Å²) in [5.74, 6) is 6.20. The number of piperidine rings is 1. The first-order chi connectivity index (χ1) is 11.4. The number of hydrogen-bond donors (Lipinski definition) is 2. The highest BCUT2D eigenvalue weighted by molar-refractivity contribution is 6.29. The van der Waals surface area contributed by atoms with Gasteiger partial charge in [0.1, 0.15) is 10.8 Å². The Morgan fingerprint density at radius 1 is 1.25 bits per heavy atom. The Balaban J connectivity index is 1.83. The summed E-state index contributed by atoms with van der Waals surface area (Å²) in [6.07, 6.45) is 7.11. The van der Waals surface area contributed by atoms with Gasteiger partial charge in [-0.3, -0.25) is 0 Å². The van der Waals surface area contributed by atoms with E-state index in [1.165, 1.54) is 0 Å². The van der Waals surface area contributed by atoms with Gasteiger partial charge in [-0.15, -0.1) is 0 Å². The number of aromatic nitrogens is 1. The van der Waals surface area contributed by atoms with Gasteiger partial charge in [-0.05, 0) is 43.9 Å². The van der Waals surface area contributed by atoms with Gasteiger partial charge in [0.25, 0.3) is 0 Å². The quantitative estimate of drug-likeness (QED) is 0.637. The van der Waals surface area contributed by atoms with E-state index in [0.29, 0.717) is 5.15 Å². The van der Waals surface area contributed by atoms with Crippen LogP contribution in [0.3, 0.4) is 0 Å². The lowest BCUT2D eigenvalue weighted by Gasteiger charge is -2.39. The maximum atomic E-state index is 10.4. The first-order valence-corrected chi connectivity index (χ1v) is 9.08. The summed E-state index contributed by atoms with van der Waals surface area (Å²) in [4.78, 5) is 6.42. The van der Waals surface area contributed by atoms with Gasteiger partial charge >= 0.3 is 0 Å². The highest BCUT2D eigenvalue weighted by Crippen LogP contribution is 2.34. The van der Waals surface area contributed by atoms with Crippen molar-refractivity contribution in [3.05, 3.63) is 23.0 Å². The molecule has 0 amide bonds. The molecule has 0 atom stereocenters. The lowest BCUT2D eigenvalue weighted by Crippen LogP contribution is -2.40. The first kappa shape index (κ1) is 17.5. The minimum atomic E-state index is -0.853. The number of aliphatic hydroxyl groups excluding tert-OH is 1. The predicted octanol–water partition coefficient (Wildman–Crippen LogP) is 2.99. The van der Waals surface area contributed by atoms with Crippen LogP contribution in [0.5, 0.6) is 0 Å². The van der Waals surface area contributed by atoms with Crippen LogP contribution in [-0.4, -0.2) is 40.5 Å². The molecule has 1 saturated heterocycles. The van der Waals surface area contributed by atoms with Gasteiger partial charge in [0, 0.05) is 32.0 Å². The Morgan fingerprint density at radius 3 is 2.54 bits per heavy atom. The van der Waals surface area contributed by atoms with E-state index in [-0.39, 0.29) is 12.0 Å². The second-order valence-electron chi connectivity index (χ2n) is 7.47. The van der Waals surface area contributed by atoms with Crippen molar-refractivity contribution < 1.29 is 10.2 Å². The van der Waals surface area contributed by atoms with E-state index in [9.17, 15) is 10.2 Å². The van der Waals surface area contributed by atoms with Crippen molar-refractivity contribution in [1.82, 2.24) is 4.98 Å². The smallest absolute Gasteiger partial charge is 0.131 e. The van der Waals surface area contributed by atoms with Crippen LogP contribution in [0.15, 0.2) is 12.3 Å². The highest BCUT2D eigenvalue weighted by atomic mass is 35.5. The summed E-state index contributed by atoms with van der Waals surface area (Å²) in [5, 5.41) is 20.4. The fourth-order valence-electron chi connectivity index (χ4n) is 3.49. The van der Waals surface area contributed by atoms with Gasteiger partial charge in [-0.25, -0.2) is 4.98 Å². The minimum absolute atomic E-state index is 0.00181. The van der Waals surface area contributed by atoms with Crippen LogP contribution in [0.4, 0.5) is 5.69 Å². The Hall–Kier alpha value is -1.28. The fourth-order valence-corrected chi connectivity index (χ4v) is 3.64. The molecule has 130 valence electrons. The van der Waals surface area contributed by atoms with Gasteiger partial charge in [0.2, 0.25) is 0 Å². The molecule has 1 saturated carbocycles. The number of nitrogens with zero attached hydrogens (tertiary/aromatic N) is 2. The maximum Gasteiger partial charge on any atom is 0.131 e. The molecule has 2 heterocycles. The van der Waals surface area contributed by atoms with Gasteiger partial charge in [-0.2, -0.15) is 0 Å². The first-order valence-electron chi connectivity index (χ1n) is 8.70. The van der Waals surface area contributed by atoms with Crippen LogP contribution in [0, 0.1) is 17.3 Å². The molecule has 1 aromatic heterocycles. The predicted molar refractivity (Wildman–Crippen MR) is 96.2 cm³/mol. The summed E-state index contributed by atoms with van der Waals surface area (Å²) in [6.45, 7) is 4.06. The number of rotatable bonds is 2. The largest absolute Gasteiger partial charge is 0.396 e. The van der Waals surface area contributed by atoms with Crippen molar-refractivity contribution >= 4 is 17.3 Å². The molecule has 0 spiro atoms. The van der Waals surface area contributed by atoms with Gasteiger partial charge < -0.3 is 15.1 Å². The molecule has 0 aromatic carbocycles. The number of pyridine rings is 1. The second kappa shape index (κ2) is 6.92. The second-order valence-corrected chi connectivity index (χ2v) is 7.86. The van der Waals surface area contributed by atoms with Crippen LogP contribution < -0.4 is 4.90 Å². The molecule has 2 N–H and O–H groups in total. The Bertz CT molecular complexity index is 651. The third-order valence-corrected chi connectivity index (χ3v) is 5.61. The topological polar surface area (TPSA) is 56.6 Å². The van der Waals surface area contributed by atoms with Gasteiger partial charge in [0.15, 0.2) is 0 Å². The molecule has 3 rings (SSSR count). The number of anilines is 1. The standard InChI is InChI=1S/C19H25ClN2O2/c1-18(14-23)8-10-22(11-9-18)16-12-17(20)21-13-15(16)4-7-19(24)5-2-3-6-19/h12-13,23-24H,2-3,5-6,8-11,14H2,1H3. The zero-order valence-corrected chi connectivity index (χ0v) is 14.9. The van der Waals surface area contributed by atoms with Crippen LogP contribution in [-0.2, 0) is 0 Å². The fraction of sp³-hybridized carbons (Fsp3) is 0.632. The Kier molecular flexibility index (Phi) is 5.05. The van der Waals surface area contributed by atoms with E-state index in [1.54, 1.807) is 6.20 Å². The van der Waals surface area contributed by atoms with Crippen molar-refractivity contribution in [3.63, 3.8) is 0 Å². The Morgan fingerprint density at radius 2 is 1.92 bits per heavy atom. The van der Waals surface area contributed by atoms with E-state index >= 15 is 0 Å². The maximum absolute atomic E-state index is 10.4. The van der Waals surface area contributed by atoms with Gasteiger partial charge in [-0.1, -0.05) is 30.4 Å².